The lowest BCUT2D eigenvalue weighted by Crippen LogP contribution is -2.52. The summed E-state index contributed by atoms with van der Waals surface area (Å²) in [5.41, 5.74) is 0.870. The highest BCUT2D eigenvalue weighted by molar-refractivity contribution is 5.85. The van der Waals surface area contributed by atoms with Crippen LogP contribution in [0.3, 0.4) is 0 Å². The molecule has 0 spiro atoms. The minimum absolute atomic E-state index is 0. The largest absolute Gasteiger partial charge is 0.493 e. The van der Waals surface area contributed by atoms with E-state index in [-0.39, 0.29) is 29.8 Å². The van der Waals surface area contributed by atoms with Crippen molar-refractivity contribution < 1.29 is 23.0 Å². The monoisotopic (exact) mass is 393 g/mol. The summed E-state index contributed by atoms with van der Waals surface area (Å²) in [6.45, 7) is 2.69. The minimum atomic E-state index is -2.90. The number of nitrogens with one attached hydrogen (secondary N) is 2. The van der Waals surface area contributed by atoms with Crippen LogP contribution >= 0.6 is 12.4 Å². The van der Waals surface area contributed by atoms with Crippen LogP contribution in [0.1, 0.15) is 12.5 Å². The van der Waals surface area contributed by atoms with E-state index in [1.54, 1.807) is 12.1 Å². The fraction of sp³-hybridized carbons (Fsp3) is 0.588. The van der Waals surface area contributed by atoms with Crippen LogP contribution in [0.5, 0.6) is 11.5 Å². The molecule has 1 amide bonds. The number of methoxy groups -OCH3 is 1. The van der Waals surface area contributed by atoms with E-state index in [4.69, 9.17) is 4.74 Å². The van der Waals surface area contributed by atoms with Gasteiger partial charge in [0.2, 0.25) is 5.91 Å². The van der Waals surface area contributed by atoms with Crippen molar-refractivity contribution >= 4 is 18.3 Å². The van der Waals surface area contributed by atoms with Gasteiger partial charge in [-0.25, -0.2) is 0 Å². The molecule has 0 aromatic heterocycles. The third-order valence-corrected chi connectivity index (χ3v) is 4.17. The van der Waals surface area contributed by atoms with Crippen molar-refractivity contribution in [2.45, 2.75) is 26.0 Å². The second-order valence-corrected chi connectivity index (χ2v) is 5.99. The maximum absolute atomic E-state index is 12.3. The number of rotatable bonds is 8. The highest BCUT2D eigenvalue weighted by Crippen LogP contribution is 2.29. The number of halogens is 3. The van der Waals surface area contributed by atoms with Gasteiger partial charge in [0.05, 0.1) is 13.7 Å². The normalized spacial score (nSPS) is 17.5. The van der Waals surface area contributed by atoms with E-state index < -0.39 is 6.61 Å². The highest BCUT2D eigenvalue weighted by atomic mass is 35.5. The van der Waals surface area contributed by atoms with Crippen LogP contribution in [0.15, 0.2) is 18.2 Å². The van der Waals surface area contributed by atoms with Crippen molar-refractivity contribution in [3.05, 3.63) is 23.8 Å². The smallest absolute Gasteiger partial charge is 0.387 e. The second kappa shape index (κ2) is 11.2. The Morgan fingerprint density at radius 2 is 2.19 bits per heavy atom. The number of carbonyl (C=O) groups is 1. The molecule has 1 fully saturated rings. The third kappa shape index (κ3) is 6.93. The molecular weight excluding hydrogens is 368 g/mol. The van der Waals surface area contributed by atoms with Crippen LogP contribution in [0.25, 0.3) is 0 Å². The maximum atomic E-state index is 12.3. The van der Waals surface area contributed by atoms with Gasteiger partial charge >= 0.3 is 6.61 Å². The molecule has 26 heavy (non-hydrogen) atoms. The van der Waals surface area contributed by atoms with E-state index in [0.717, 1.165) is 25.2 Å². The lowest BCUT2D eigenvalue weighted by molar-refractivity contribution is -0.122. The Bertz CT molecular complexity index is 578. The molecule has 0 bridgehead atoms. The Labute approximate surface area is 158 Å². The average Bonchev–Trinajstić information content (AvgIpc) is 2.57. The summed E-state index contributed by atoms with van der Waals surface area (Å²) in [6, 6.07) is 5.11. The van der Waals surface area contributed by atoms with E-state index in [9.17, 15) is 13.6 Å². The van der Waals surface area contributed by atoms with Crippen LogP contribution in [0.2, 0.25) is 0 Å². The number of piperazine rings is 1. The Morgan fingerprint density at radius 3 is 2.85 bits per heavy atom. The van der Waals surface area contributed by atoms with Gasteiger partial charge in [0.1, 0.15) is 0 Å². The van der Waals surface area contributed by atoms with Crippen molar-refractivity contribution in [1.82, 2.24) is 15.5 Å². The summed E-state index contributed by atoms with van der Waals surface area (Å²) in [5.74, 6) is 0.232. The van der Waals surface area contributed by atoms with E-state index in [1.807, 2.05) is 0 Å². The molecule has 148 valence electrons. The predicted molar refractivity (Wildman–Crippen MR) is 97.5 cm³/mol. The number of alkyl halides is 2. The Morgan fingerprint density at radius 1 is 1.42 bits per heavy atom. The Balaban J connectivity index is 0.00000338. The number of amides is 1. The average molecular weight is 394 g/mol. The summed E-state index contributed by atoms with van der Waals surface area (Å²) in [7, 11) is 1.40. The standard InChI is InChI=1S/C17H25F2N3O3.ClH/c1-12-10-20-7-8-22(12)11-16(23)21-6-5-13-3-4-14(25-17(18)19)15(9-13)24-2;/h3-4,9,12,17,20H,5-8,10-11H2,1-2H3,(H,21,23);1H/t12-;/m1./s1. The molecule has 6 nitrogen and oxygen atoms in total. The number of nitrogens with zero attached hydrogens (tertiary/aromatic N) is 1. The molecule has 1 saturated heterocycles. The van der Waals surface area contributed by atoms with Gasteiger partial charge in [-0.2, -0.15) is 8.78 Å². The van der Waals surface area contributed by atoms with E-state index in [1.165, 1.54) is 13.2 Å². The molecule has 0 aliphatic carbocycles. The number of hydrogen-bond donors (Lipinski definition) is 2. The van der Waals surface area contributed by atoms with Gasteiger partial charge in [-0.15, -0.1) is 12.4 Å². The molecule has 1 aliphatic rings. The van der Waals surface area contributed by atoms with Gasteiger partial charge in [0.25, 0.3) is 0 Å². The lowest BCUT2D eigenvalue weighted by atomic mass is 10.1. The molecule has 0 unspecified atom stereocenters. The molecule has 1 aromatic carbocycles. The molecule has 1 heterocycles. The van der Waals surface area contributed by atoms with Gasteiger partial charge in [-0.05, 0) is 31.0 Å². The first-order valence-electron chi connectivity index (χ1n) is 8.32. The molecule has 1 aliphatic heterocycles. The van der Waals surface area contributed by atoms with Crippen LogP contribution in [0.4, 0.5) is 8.78 Å². The molecule has 1 atom stereocenters. The van der Waals surface area contributed by atoms with Crippen molar-refractivity contribution in [1.29, 1.82) is 0 Å². The molecule has 0 saturated carbocycles. The summed E-state index contributed by atoms with van der Waals surface area (Å²) in [4.78, 5) is 14.2. The summed E-state index contributed by atoms with van der Waals surface area (Å²) in [6.07, 6.45) is 0.578. The fourth-order valence-corrected chi connectivity index (χ4v) is 2.77. The van der Waals surface area contributed by atoms with Gasteiger partial charge in [0.15, 0.2) is 11.5 Å². The SMILES string of the molecule is COc1cc(CCNC(=O)CN2CCNC[C@H]2C)ccc1OC(F)F.Cl. The van der Waals surface area contributed by atoms with Gasteiger partial charge in [0, 0.05) is 32.2 Å². The Kier molecular flexibility index (Phi) is 9.61. The fourth-order valence-electron chi connectivity index (χ4n) is 2.77. The number of carbonyl (C=O) groups excluding carboxylic acids is 1. The molecule has 9 heteroatoms. The summed E-state index contributed by atoms with van der Waals surface area (Å²) in [5, 5.41) is 6.18. The van der Waals surface area contributed by atoms with Crippen molar-refractivity contribution in [2.24, 2.45) is 0 Å². The molecule has 2 N–H and O–H groups in total. The maximum Gasteiger partial charge on any atom is 0.387 e. The topological polar surface area (TPSA) is 62.8 Å². The summed E-state index contributed by atoms with van der Waals surface area (Å²) < 4.78 is 34.1. The molecule has 0 radical (unpaired) electrons. The first-order chi connectivity index (χ1) is 12.0. The first-order valence-corrected chi connectivity index (χ1v) is 8.32. The van der Waals surface area contributed by atoms with Crippen molar-refractivity contribution in [2.75, 3.05) is 39.8 Å². The highest BCUT2D eigenvalue weighted by Gasteiger charge is 2.20. The molecular formula is C17H26ClF2N3O3. The van der Waals surface area contributed by atoms with Crippen molar-refractivity contribution in [3.63, 3.8) is 0 Å². The zero-order valence-electron chi connectivity index (χ0n) is 15.0. The quantitative estimate of drug-likeness (QED) is 0.703. The zero-order valence-corrected chi connectivity index (χ0v) is 15.8. The number of ether oxygens (including phenoxy) is 2. The first kappa shape index (κ1) is 22.4. The minimum Gasteiger partial charge on any atom is -0.493 e. The van der Waals surface area contributed by atoms with E-state index in [2.05, 4.69) is 27.2 Å². The van der Waals surface area contributed by atoms with Gasteiger partial charge in [-0.1, -0.05) is 6.07 Å². The predicted octanol–water partition coefficient (Wildman–Crippen LogP) is 1.67. The van der Waals surface area contributed by atoms with Crippen LogP contribution in [-0.4, -0.2) is 63.3 Å². The second-order valence-electron chi connectivity index (χ2n) is 5.99. The van der Waals surface area contributed by atoms with E-state index in [0.29, 0.717) is 25.6 Å². The van der Waals surface area contributed by atoms with E-state index >= 15 is 0 Å². The summed E-state index contributed by atoms with van der Waals surface area (Å²) >= 11 is 0. The van der Waals surface area contributed by atoms with Crippen LogP contribution in [-0.2, 0) is 11.2 Å². The third-order valence-electron chi connectivity index (χ3n) is 4.17. The molecule has 2 rings (SSSR count). The van der Waals surface area contributed by atoms with Crippen LogP contribution < -0.4 is 20.1 Å². The van der Waals surface area contributed by atoms with Crippen molar-refractivity contribution in [3.8, 4) is 11.5 Å². The zero-order chi connectivity index (χ0) is 18.2. The molecule has 1 aromatic rings. The van der Waals surface area contributed by atoms with Gasteiger partial charge in [-0.3, -0.25) is 9.69 Å². The Hall–Kier alpha value is -1.64. The lowest BCUT2D eigenvalue weighted by Gasteiger charge is -2.33. The van der Waals surface area contributed by atoms with Gasteiger partial charge < -0.3 is 20.1 Å². The number of benzene rings is 1. The number of hydrogen-bond acceptors (Lipinski definition) is 5. The van der Waals surface area contributed by atoms with Crippen LogP contribution in [0, 0.1) is 0 Å².